The van der Waals surface area contributed by atoms with Gasteiger partial charge >= 0.3 is 181 Å². The Labute approximate surface area is 190 Å². The molecule has 0 nitrogen and oxygen atoms in total. The van der Waals surface area contributed by atoms with Gasteiger partial charge in [0.15, 0.2) is 0 Å². The number of fused-ring (bicyclic) bond motifs is 1. The van der Waals surface area contributed by atoms with E-state index in [9.17, 15) is 0 Å². The van der Waals surface area contributed by atoms with Crippen molar-refractivity contribution in [2.75, 3.05) is 0 Å². The van der Waals surface area contributed by atoms with Crippen molar-refractivity contribution in [2.45, 2.75) is 45.8 Å². The fraction of sp³-hybridized carbons (Fsp3) is 0.308. The minimum atomic E-state index is -0.285. The van der Waals surface area contributed by atoms with E-state index in [4.69, 9.17) is 0 Å². The molecule has 2 aromatic carbocycles. The van der Waals surface area contributed by atoms with Crippen molar-refractivity contribution in [1.29, 1.82) is 0 Å². The van der Waals surface area contributed by atoms with Gasteiger partial charge in [0.05, 0.1) is 0 Å². The van der Waals surface area contributed by atoms with Crippen molar-refractivity contribution in [2.24, 2.45) is 5.41 Å². The Morgan fingerprint density at radius 1 is 0.800 bits per heavy atom. The van der Waals surface area contributed by atoms with Gasteiger partial charge in [0, 0.05) is 0 Å². The van der Waals surface area contributed by atoms with Crippen molar-refractivity contribution < 1.29 is 28.6 Å². The number of hydrogen-bond acceptors (Lipinski definition) is 0. The summed E-state index contributed by atoms with van der Waals surface area (Å²) in [5.74, 6) is 0. The van der Waals surface area contributed by atoms with E-state index in [2.05, 4.69) is 96.1 Å². The molecule has 0 aliphatic heterocycles. The first kappa shape index (κ1) is 24.9. The van der Waals surface area contributed by atoms with Crippen molar-refractivity contribution >= 4 is 19.2 Å². The normalized spacial score (nSPS) is 19.7. The van der Waals surface area contributed by atoms with Gasteiger partial charge in [0.1, 0.15) is 0 Å². The molecule has 2 aliphatic carbocycles. The van der Waals surface area contributed by atoms with Crippen LogP contribution in [-0.2, 0) is 19.2 Å². The van der Waals surface area contributed by atoms with Gasteiger partial charge in [-0.3, -0.25) is 0 Å². The van der Waals surface area contributed by atoms with Crippen molar-refractivity contribution in [3.05, 3.63) is 91.9 Å². The quantitative estimate of drug-likeness (QED) is 0.478. The first-order valence-electron chi connectivity index (χ1n) is 10.1. The van der Waals surface area contributed by atoms with E-state index in [-0.39, 0.29) is 34.0 Å². The molecule has 2 aliphatic rings. The molecule has 0 saturated heterocycles. The summed E-state index contributed by atoms with van der Waals surface area (Å²) in [7, 11) is 0.748. The molecule has 2 atom stereocenters. The first-order chi connectivity index (χ1) is 13.3. The smallest absolute Gasteiger partial charge is 1.00 e. The van der Waals surface area contributed by atoms with Crippen molar-refractivity contribution in [3.63, 3.8) is 0 Å². The third-order valence-electron chi connectivity index (χ3n) is 6.76. The topological polar surface area (TPSA) is 0 Å². The Balaban J connectivity index is 0.00000160. The predicted molar refractivity (Wildman–Crippen MR) is 121 cm³/mol. The van der Waals surface area contributed by atoms with Crippen LogP contribution in [-0.4, -0.2) is 0 Å². The maximum absolute atomic E-state index is 2.44. The van der Waals surface area contributed by atoms with Crippen LogP contribution in [0.1, 0.15) is 56.9 Å². The molecule has 0 spiro atoms. The minimum Gasteiger partial charge on any atom is -1.00 e. The van der Waals surface area contributed by atoms with Crippen LogP contribution in [0.5, 0.6) is 0 Å². The van der Waals surface area contributed by atoms with Gasteiger partial charge in [-0.1, -0.05) is 0 Å². The fourth-order valence-corrected chi connectivity index (χ4v) is 9.33. The van der Waals surface area contributed by atoms with E-state index in [0.717, 1.165) is 8.58 Å². The van der Waals surface area contributed by atoms with E-state index < -0.39 is 0 Å². The van der Waals surface area contributed by atoms with Crippen molar-refractivity contribution in [3.8, 4) is 0 Å². The molecular weight excluding hydrogens is 429 g/mol. The summed E-state index contributed by atoms with van der Waals surface area (Å²) in [6.45, 7) is 14.3. The van der Waals surface area contributed by atoms with Crippen LogP contribution in [0.4, 0.5) is 0 Å². The van der Waals surface area contributed by atoms with Gasteiger partial charge in [-0.15, -0.1) is 0 Å². The van der Waals surface area contributed by atoms with Crippen LogP contribution >= 0.6 is 8.58 Å². The van der Waals surface area contributed by atoms with Gasteiger partial charge < -0.3 is 9.41 Å². The second-order valence-corrected chi connectivity index (χ2v) is 12.0. The van der Waals surface area contributed by atoms with E-state index >= 15 is 0 Å². The number of halogens is 2. The van der Waals surface area contributed by atoms with Crippen LogP contribution in [0.15, 0.2) is 80.8 Å². The average Bonchev–Trinajstić information content (AvgIpc) is 3.03. The van der Waals surface area contributed by atoms with E-state index in [1.54, 1.807) is 31.5 Å². The Bertz CT molecular complexity index is 1030. The first-order valence-corrected chi connectivity index (χ1v) is 12.8. The van der Waals surface area contributed by atoms with Crippen LogP contribution < -0.4 is 14.7 Å². The Kier molecular flexibility index (Phi) is 7.84. The van der Waals surface area contributed by atoms with Gasteiger partial charge in [0.2, 0.25) is 0 Å². The molecule has 30 heavy (non-hydrogen) atoms. The third-order valence-corrected chi connectivity index (χ3v) is 11.9. The van der Waals surface area contributed by atoms with E-state index in [1.807, 2.05) is 0 Å². The number of rotatable bonds is 4. The van der Waals surface area contributed by atoms with Crippen LogP contribution in [0.2, 0.25) is 0 Å². The zero-order valence-electron chi connectivity index (χ0n) is 18.5. The molecule has 0 N–H and O–H groups in total. The Morgan fingerprint density at radius 2 is 1.40 bits per heavy atom. The molecule has 2 aromatic rings. The minimum absolute atomic E-state index is 0. The average molecular weight is 458 g/mol. The molecule has 0 bridgehead atoms. The second kappa shape index (κ2) is 9.43. The molecule has 0 radical (unpaired) electrons. The molecule has 4 rings (SSSR count). The number of benzene rings is 2. The molecule has 0 fully saturated rings. The summed E-state index contributed by atoms with van der Waals surface area (Å²) in [5, 5.41) is 3.03. The summed E-state index contributed by atoms with van der Waals surface area (Å²) in [6, 6.07) is 20.2. The second-order valence-electron chi connectivity index (χ2n) is 8.59. The number of allylic oxidation sites excluding steroid dienone is 5. The Morgan fingerprint density at radius 3 is 2.00 bits per heavy atom. The molecule has 156 valence electrons. The third kappa shape index (κ3) is 4.07. The van der Waals surface area contributed by atoms with Gasteiger partial charge in [-0.25, -0.2) is 0 Å². The molecule has 0 heterocycles. The van der Waals surface area contributed by atoms with Crippen LogP contribution in [0, 0.1) is 5.41 Å². The largest absolute Gasteiger partial charge is 1.00 e. The van der Waals surface area contributed by atoms with Gasteiger partial charge in [-0.05, 0) is 0 Å². The SMILES string of the molecule is CC1=C(C)C(C)(C)[C]([Ti+2][CH]2C(C)=C(Pc3ccccc3)c3ccccc32)=C1C.[F-].[F-]. The molecule has 4 heteroatoms. The molecule has 0 aromatic heterocycles. The molecule has 0 amide bonds. The van der Waals surface area contributed by atoms with Crippen molar-refractivity contribution in [1.82, 2.24) is 0 Å². The Hall–Kier alpha value is -1.34. The zero-order valence-corrected chi connectivity index (χ0v) is 21.1. The van der Waals surface area contributed by atoms with Crippen LogP contribution in [0.25, 0.3) is 5.31 Å². The maximum Gasteiger partial charge on any atom is -1.00 e. The van der Waals surface area contributed by atoms with E-state index in [0.29, 0.717) is 4.22 Å². The zero-order chi connectivity index (χ0) is 20.1. The summed E-state index contributed by atoms with van der Waals surface area (Å²) < 4.78 is 2.39. The van der Waals surface area contributed by atoms with Gasteiger partial charge in [0.25, 0.3) is 0 Å². The summed E-state index contributed by atoms with van der Waals surface area (Å²) in [5.41, 5.74) is 9.62. The monoisotopic (exact) mass is 458 g/mol. The number of hydrogen-bond donors (Lipinski definition) is 0. The summed E-state index contributed by atoms with van der Waals surface area (Å²) in [6.07, 6.45) is 0. The predicted octanol–water partition coefficient (Wildman–Crippen LogP) is 1.22. The van der Waals surface area contributed by atoms with Crippen LogP contribution in [0.3, 0.4) is 0 Å². The molecule has 2 unspecified atom stereocenters. The fourth-order valence-electron chi connectivity index (χ4n) is 4.61. The molecular formula is C26H29F2PTi. The molecule has 0 saturated carbocycles. The van der Waals surface area contributed by atoms with Gasteiger partial charge in [-0.2, -0.15) is 0 Å². The standard InChI is InChI=1S/C16H14P.C10H15.2FH.Ti/c1-12-11-13-7-5-6-10-15(13)16(12)17-14-8-3-2-4-9-14;1-7-6-10(4,5)9(3)8(7)2;;;/h2-11,17H,1H3;1-5H3;2*1H;/q;;;;+2/p-2. The maximum atomic E-state index is 2.44. The summed E-state index contributed by atoms with van der Waals surface area (Å²) >= 11 is -0.285. The van der Waals surface area contributed by atoms with E-state index in [1.165, 1.54) is 16.4 Å². The summed E-state index contributed by atoms with van der Waals surface area (Å²) in [4.78, 5) is 0.